The summed E-state index contributed by atoms with van der Waals surface area (Å²) in [6.07, 6.45) is 15.2. The van der Waals surface area contributed by atoms with Crippen LogP contribution in [-0.2, 0) is 15.0 Å². The molecule has 0 radical (unpaired) electrons. The molecule has 3 heterocycles. The molecule has 4 aliphatic rings. The SMILES string of the molecule is C#CC1=CC(c2ccc3c(c2)C2(COC(N)=N2)C2(COC2)C(C)(C)O3)=CC(C)CC=C1. The maximum atomic E-state index is 6.53. The Labute approximate surface area is 183 Å². The van der Waals surface area contributed by atoms with Crippen LogP contribution in [0.3, 0.4) is 0 Å². The maximum Gasteiger partial charge on any atom is 0.283 e. The van der Waals surface area contributed by atoms with E-state index in [0.717, 1.165) is 34.4 Å². The van der Waals surface area contributed by atoms with E-state index in [1.165, 1.54) is 0 Å². The van der Waals surface area contributed by atoms with Crippen molar-refractivity contribution in [3.05, 3.63) is 59.2 Å². The first-order chi connectivity index (χ1) is 14.8. The highest BCUT2D eigenvalue weighted by Gasteiger charge is 2.71. The summed E-state index contributed by atoms with van der Waals surface area (Å²) in [6.45, 7) is 7.90. The fourth-order valence-electron chi connectivity index (χ4n) is 5.27. The van der Waals surface area contributed by atoms with Crippen molar-refractivity contribution in [2.24, 2.45) is 22.1 Å². The number of hydrogen-bond donors (Lipinski definition) is 1. The lowest BCUT2D eigenvalue weighted by atomic mass is 9.55. The van der Waals surface area contributed by atoms with E-state index in [1.807, 2.05) is 12.1 Å². The van der Waals surface area contributed by atoms with Gasteiger partial charge in [0.2, 0.25) is 0 Å². The van der Waals surface area contributed by atoms with Gasteiger partial charge in [0, 0.05) is 11.1 Å². The average Bonchev–Trinajstić information content (AvgIpc) is 3.05. The lowest BCUT2D eigenvalue weighted by molar-refractivity contribution is -0.247. The molecule has 1 fully saturated rings. The molecule has 1 aliphatic carbocycles. The van der Waals surface area contributed by atoms with E-state index >= 15 is 0 Å². The van der Waals surface area contributed by atoms with Crippen molar-refractivity contribution >= 4 is 11.6 Å². The topological polar surface area (TPSA) is 66.1 Å². The van der Waals surface area contributed by atoms with Gasteiger partial charge in [-0.3, -0.25) is 0 Å². The Kier molecular flexibility index (Phi) is 4.36. The number of allylic oxidation sites excluding steroid dienone is 6. The van der Waals surface area contributed by atoms with Crippen LogP contribution in [-0.4, -0.2) is 31.4 Å². The van der Waals surface area contributed by atoms with Gasteiger partial charge in [-0.2, -0.15) is 0 Å². The number of nitrogens with two attached hydrogens (primary N) is 1. The van der Waals surface area contributed by atoms with Crippen LogP contribution in [0.5, 0.6) is 5.75 Å². The van der Waals surface area contributed by atoms with Gasteiger partial charge in [-0.05, 0) is 55.5 Å². The number of hydrogen-bond acceptors (Lipinski definition) is 5. The molecule has 0 aromatic heterocycles. The Morgan fingerprint density at radius 2 is 2.03 bits per heavy atom. The molecule has 1 saturated heterocycles. The Bertz CT molecular complexity index is 1100. The molecular formula is C26H28N2O3. The first-order valence-electron chi connectivity index (χ1n) is 10.8. The summed E-state index contributed by atoms with van der Waals surface area (Å²) in [4.78, 5) is 4.89. The van der Waals surface area contributed by atoms with Crippen molar-refractivity contribution in [2.45, 2.75) is 38.3 Å². The molecule has 2 spiro atoms. The molecule has 2 unspecified atom stereocenters. The zero-order chi connectivity index (χ0) is 21.9. The van der Waals surface area contributed by atoms with Gasteiger partial charge in [-0.15, -0.1) is 6.42 Å². The lowest BCUT2D eigenvalue weighted by Crippen LogP contribution is -2.71. The van der Waals surface area contributed by atoms with Crippen LogP contribution in [0, 0.1) is 23.7 Å². The average molecular weight is 417 g/mol. The summed E-state index contributed by atoms with van der Waals surface area (Å²) < 4.78 is 18.0. The summed E-state index contributed by atoms with van der Waals surface area (Å²) >= 11 is 0. The first kappa shape index (κ1) is 20.0. The Morgan fingerprint density at radius 3 is 2.68 bits per heavy atom. The van der Waals surface area contributed by atoms with Gasteiger partial charge in [0.05, 0.1) is 18.6 Å². The predicted octanol–water partition coefficient (Wildman–Crippen LogP) is 3.95. The minimum Gasteiger partial charge on any atom is -0.487 e. The minimum atomic E-state index is -0.644. The van der Waals surface area contributed by atoms with E-state index in [0.29, 0.717) is 25.7 Å². The van der Waals surface area contributed by atoms with Gasteiger partial charge in [0.15, 0.2) is 0 Å². The van der Waals surface area contributed by atoms with E-state index < -0.39 is 11.1 Å². The van der Waals surface area contributed by atoms with Crippen LogP contribution in [0.1, 0.15) is 38.3 Å². The third-order valence-electron chi connectivity index (χ3n) is 7.24. The second-order valence-electron chi connectivity index (χ2n) is 9.48. The molecule has 2 atom stereocenters. The Balaban J connectivity index is 1.70. The van der Waals surface area contributed by atoms with Gasteiger partial charge in [-0.1, -0.05) is 37.1 Å². The molecule has 5 nitrogen and oxygen atoms in total. The van der Waals surface area contributed by atoms with Crippen molar-refractivity contribution < 1.29 is 14.2 Å². The number of ether oxygens (including phenoxy) is 3. The van der Waals surface area contributed by atoms with Gasteiger partial charge in [0.1, 0.15) is 23.5 Å². The summed E-state index contributed by atoms with van der Waals surface area (Å²) in [7, 11) is 0. The highest BCUT2D eigenvalue weighted by molar-refractivity contribution is 5.79. The van der Waals surface area contributed by atoms with Crippen LogP contribution in [0.2, 0.25) is 0 Å². The molecule has 5 rings (SSSR count). The largest absolute Gasteiger partial charge is 0.487 e. The fraction of sp³-hybridized carbons (Fsp3) is 0.423. The Morgan fingerprint density at radius 1 is 1.23 bits per heavy atom. The molecule has 2 N–H and O–H groups in total. The van der Waals surface area contributed by atoms with Crippen molar-refractivity contribution in [3.8, 4) is 18.1 Å². The molecule has 160 valence electrons. The van der Waals surface area contributed by atoms with Crippen LogP contribution in [0.15, 0.2) is 53.1 Å². The molecule has 3 aliphatic heterocycles. The summed E-state index contributed by atoms with van der Waals surface area (Å²) in [5.41, 5.74) is 8.61. The van der Waals surface area contributed by atoms with Gasteiger partial charge >= 0.3 is 0 Å². The van der Waals surface area contributed by atoms with Crippen molar-refractivity contribution in [1.82, 2.24) is 0 Å². The quantitative estimate of drug-likeness (QED) is 0.704. The van der Waals surface area contributed by atoms with Crippen molar-refractivity contribution in [3.63, 3.8) is 0 Å². The van der Waals surface area contributed by atoms with Crippen molar-refractivity contribution in [2.75, 3.05) is 19.8 Å². The second kappa shape index (κ2) is 6.77. The van der Waals surface area contributed by atoms with E-state index in [1.54, 1.807) is 0 Å². The van der Waals surface area contributed by atoms with Gasteiger partial charge in [0.25, 0.3) is 6.02 Å². The summed E-state index contributed by atoms with van der Waals surface area (Å²) in [5, 5.41) is 0. The fourth-order valence-corrected chi connectivity index (χ4v) is 5.27. The zero-order valence-electron chi connectivity index (χ0n) is 18.3. The first-order valence-corrected chi connectivity index (χ1v) is 10.8. The number of terminal acetylenes is 1. The number of nitrogens with zero attached hydrogens (tertiary/aromatic N) is 1. The molecule has 0 bridgehead atoms. The minimum absolute atomic E-state index is 0.221. The Hall–Kier alpha value is -2.97. The van der Waals surface area contributed by atoms with E-state index in [9.17, 15) is 0 Å². The zero-order valence-corrected chi connectivity index (χ0v) is 18.3. The highest BCUT2D eigenvalue weighted by Crippen LogP contribution is 2.62. The second-order valence-corrected chi connectivity index (χ2v) is 9.48. The number of benzene rings is 1. The maximum absolute atomic E-state index is 6.53. The van der Waals surface area contributed by atoms with Crippen LogP contribution in [0.4, 0.5) is 0 Å². The normalized spacial score (nSPS) is 29.9. The molecule has 31 heavy (non-hydrogen) atoms. The third-order valence-corrected chi connectivity index (χ3v) is 7.24. The molecule has 0 saturated carbocycles. The smallest absolute Gasteiger partial charge is 0.283 e. The monoisotopic (exact) mass is 416 g/mol. The van der Waals surface area contributed by atoms with Crippen LogP contribution >= 0.6 is 0 Å². The molecule has 5 heteroatoms. The van der Waals surface area contributed by atoms with Crippen molar-refractivity contribution in [1.29, 1.82) is 0 Å². The number of amidine groups is 1. The van der Waals surface area contributed by atoms with E-state index in [-0.39, 0.29) is 11.4 Å². The van der Waals surface area contributed by atoms with Gasteiger partial charge in [-0.25, -0.2) is 4.99 Å². The number of rotatable bonds is 1. The van der Waals surface area contributed by atoms with Crippen LogP contribution < -0.4 is 10.5 Å². The highest BCUT2D eigenvalue weighted by atomic mass is 16.5. The van der Waals surface area contributed by atoms with E-state index in [4.69, 9.17) is 31.4 Å². The third kappa shape index (κ3) is 2.78. The summed E-state index contributed by atoms with van der Waals surface area (Å²) in [6, 6.07) is 6.52. The van der Waals surface area contributed by atoms with Gasteiger partial charge < -0.3 is 19.9 Å². The molecule has 0 amide bonds. The summed E-state index contributed by atoms with van der Waals surface area (Å²) in [5.74, 6) is 3.99. The molecule has 1 aromatic carbocycles. The lowest BCUT2D eigenvalue weighted by Gasteiger charge is -2.61. The number of aliphatic imine (C=N–C) groups is 1. The predicted molar refractivity (Wildman–Crippen MR) is 121 cm³/mol. The number of fused-ring (bicyclic) bond motifs is 3. The van der Waals surface area contributed by atoms with Crippen LogP contribution in [0.25, 0.3) is 5.57 Å². The molecular weight excluding hydrogens is 388 g/mol. The van der Waals surface area contributed by atoms with E-state index in [2.05, 4.69) is 57.1 Å². The standard InChI is InChI=1S/C26H28N2O3/c1-5-18-8-6-7-17(2)11-20(12-18)19-9-10-22-21(13-19)26(16-30-23(27)28-26)25(14-29-15-25)24(3,4)31-22/h1,6,8-13,17H,7,14-16H2,2-4H3,(H2,27,28). The molecule has 1 aromatic rings.